The van der Waals surface area contributed by atoms with Crippen molar-refractivity contribution in [3.8, 4) is 0 Å². The van der Waals surface area contributed by atoms with Crippen LogP contribution in [0.4, 0.5) is 18.9 Å². The number of nitrogens with one attached hydrogen (secondary N) is 2. The summed E-state index contributed by atoms with van der Waals surface area (Å²) in [5.41, 5.74) is -1.28. The van der Waals surface area contributed by atoms with E-state index in [1.165, 1.54) is 18.3 Å². The number of carbonyl (C=O) groups excluding carboxylic acids is 1. The summed E-state index contributed by atoms with van der Waals surface area (Å²) in [5, 5.41) is 2.32. The number of hydrogen-bond acceptors (Lipinski definition) is 2. The third kappa shape index (κ3) is 3.05. The predicted octanol–water partition coefficient (Wildman–Crippen LogP) is 2.65. The summed E-state index contributed by atoms with van der Waals surface area (Å²) < 4.78 is 37.1. The number of amides is 1. The lowest BCUT2D eigenvalue weighted by atomic mass is 10.1. The Morgan fingerprint density at radius 2 is 1.75 bits per heavy atom. The van der Waals surface area contributed by atoms with E-state index in [9.17, 15) is 22.8 Å². The first-order valence-electron chi connectivity index (χ1n) is 5.54. The summed E-state index contributed by atoms with van der Waals surface area (Å²) in [5.74, 6) is -0.657. The molecule has 0 bridgehead atoms. The van der Waals surface area contributed by atoms with E-state index >= 15 is 0 Å². The molecule has 2 N–H and O–H groups in total. The van der Waals surface area contributed by atoms with Crippen molar-refractivity contribution in [1.82, 2.24) is 4.98 Å². The van der Waals surface area contributed by atoms with Gasteiger partial charge < -0.3 is 10.3 Å². The van der Waals surface area contributed by atoms with Crippen molar-refractivity contribution < 1.29 is 18.0 Å². The highest BCUT2D eigenvalue weighted by Gasteiger charge is 2.30. The van der Waals surface area contributed by atoms with E-state index in [-0.39, 0.29) is 11.3 Å². The van der Waals surface area contributed by atoms with E-state index in [4.69, 9.17) is 0 Å². The second-order valence-corrected chi connectivity index (χ2v) is 3.94. The smallest absolute Gasteiger partial charge is 0.327 e. The Morgan fingerprint density at radius 1 is 1.10 bits per heavy atom. The lowest BCUT2D eigenvalue weighted by molar-refractivity contribution is -0.137. The molecule has 7 heteroatoms. The average molecular weight is 282 g/mol. The monoisotopic (exact) mass is 282 g/mol. The van der Waals surface area contributed by atoms with E-state index in [0.717, 1.165) is 24.3 Å². The van der Waals surface area contributed by atoms with Crippen molar-refractivity contribution in [3.05, 3.63) is 64.1 Å². The minimum Gasteiger partial charge on any atom is -0.327 e. The number of carbonyl (C=O) groups is 1. The summed E-state index contributed by atoms with van der Waals surface area (Å²) in [4.78, 5) is 25.5. The molecule has 0 spiro atoms. The van der Waals surface area contributed by atoms with Gasteiger partial charge in [-0.3, -0.25) is 9.59 Å². The summed E-state index contributed by atoms with van der Waals surface area (Å²) >= 11 is 0. The third-order valence-corrected chi connectivity index (χ3v) is 2.54. The van der Waals surface area contributed by atoms with Gasteiger partial charge in [-0.2, -0.15) is 13.2 Å². The zero-order valence-corrected chi connectivity index (χ0v) is 9.99. The molecule has 1 aromatic heterocycles. The number of anilines is 1. The van der Waals surface area contributed by atoms with Crippen LogP contribution in [0, 0.1) is 0 Å². The molecule has 2 rings (SSSR count). The van der Waals surface area contributed by atoms with Crippen LogP contribution in [0.1, 0.15) is 15.9 Å². The average Bonchev–Trinajstić information content (AvgIpc) is 2.40. The number of aromatic amines is 1. The van der Waals surface area contributed by atoms with E-state index in [1.54, 1.807) is 0 Å². The van der Waals surface area contributed by atoms with Crippen LogP contribution in [0.25, 0.3) is 0 Å². The molecule has 1 aromatic carbocycles. The first-order valence-corrected chi connectivity index (χ1v) is 5.54. The van der Waals surface area contributed by atoms with Crippen LogP contribution in [0.5, 0.6) is 0 Å². The molecule has 0 atom stereocenters. The molecule has 0 radical (unpaired) electrons. The molecule has 0 aliphatic carbocycles. The van der Waals surface area contributed by atoms with Gasteiger partial charge in [-0.05, 0) is 36.4 Å². The van der Waals surface area contributed by atoms with Crippen molar-refractivity contribution in [1.29, 1.82) is 0 Å². The first-order chi connectivity index (χ1) is 9.38. The Morgan fingerprint density at radius 3 is 2.30 bits per heavy atom. The molecule has 0 aliphatic heterocycles. The van der Waals surface area contributed by atoms with Gasteiger partial charge in [-0.25, -0.2) is 0 Å². The molecule has 1 amide bonds. The standard InChI is InChI=1S/C13H9F3N2O2/c14-13(15,16)9-5-3-8(4-6-9)11(19)18-10-2-1-7-17-12(10)20/h1-7H,(H,17,20)(H,18,19). The molecule has 0 saturated heterocycles. The normalized spacial score (nSPS) is 11.2. The Kier molecular flexibility index (Phi) is 3.60. The Hall–Kier alpha value is -2.57. The van der Waals surface area contributed by atoms with Gasteiger partial charge in [0.15, 0.2) is 0 Å². The second-order valence-electron chi connectivity index (χ2n) is 3.94. The van der Waals surface area contributed by atoms with Crippen molar-refractivity contribution in [2.24, 2.45) is 0 Å². The number of pyridine rings is 1. The lowest BCUT2D eigenvalue weighted by Gasteiger charge is -2.08. The molecular weight excluding hydrogens is 273 g/mol. The minimum atomic E-state index is -4.45. The van der Waals surface area contributed by atoms with Gasteiger partial charge in [0.2, 0.25) is 0 Å². The highest BCUT2D eigenvalue weighted by Crippen LogP contribution is 2.29. The summed E-state index contributed by atoms with van der Waals surface area (Å²) in [6, 6.07) is 6.63. The maximum atomic E-state index is 12.4. The van der Waals surface area contributed by atoms with Crippen LogP contribution in [0.15, 0.2) is 47.4 Å². The van der Waals surface area contributed by atoms with Crippen LogP contribution in [-0.4, -0.2) is 10.9 Å². The Balaban J connectivity index is 2.18. The molecule has 0 saturated carbocycles. The quantitative estimate of drug-likeness (QED) is 0.889. The molecule has 1 heterocycles. The number of hydrogen-bond donors (Lipinski definition) is 2. The van der Waals surface area contributed by atoms with Gasteiger partial charge in [0.05, 0.1) is 5.56 Å². The highest BCUT2D eigenvalue weighted by molar-refractivity contribution is 6.04. The topological polar surface area (TPSA) is 62.0 Å². The predicted molar refractivity (Wildman–Crippen MR) is 66.5 cm³/mol. The van der Waals surface area contributed by atoms with Crippen LogP contribution in [0.3, 0.4) is 0 Å². The van der Waals surface area contributed by atoms with Crippen molar-refractivity contribution in [2.45, 2.75) is 6.18 Å². The number of halogens is 3. The zero-order chi connectivity index (χ0) is 14.8. The molecular formula is C13H9F3N2O2. The van der Waals surface area contributed by atoms with Crippen molar-refractivity contribution >= 4 is 11.6 Å². The third-order valence-electron chi connectivity index (χ3n) is 2.54. The van der Waals surface area contributed by atoms with Crippen LogP contribution in [-0.2, 0) is 6.18 Å². The fraction of sp³-hybridized carbons (Fsp3) is 0.0769. The van der Waals surface area contributed by atoms with Gasteiger partial charge in [-0.1, -0.05) is 0 Å². The maximum Gasteiger partial charge on any atom is 0.416 e. The van der Waals surface area contributed by atoms with Gasteiger partial charge in [0.1, 0.15) is 5.69 Å². The highest BCUT2D eigenvalue weighted by atomic mass is 19.4. The SMILES string of the molecule is O=C(Nc1ccc[nH]c1=O)c1ccc(C(F)(F)F)cc1. The number of aromatic nitrogens is 1. The van der Waals surface area contributed by atoms with E-state index in [0.29, 0.717) is 0 Å². The Bertz CT molecular complexity index is 675. The number of rotatable bonds is 2. The van der Waals surface area contributed by atoms with Gasteiger partial charge >= 0.3 is 6.18 Å². The molecule has 20 heavy (non-hydrogen) atoms. The number of alkyl halides is 3. The van der Waals surface area contributed by atoms with Crippen molar-refractivity contribution in [3.63, 3.8) is 0 Å². The van der Waals surface area contributed by atoms with E-state index in [1.807, 2.05) is 0 Å². The van der Waals surface area contributed by atoms with Crippen LogP contribution < -0.4 is 10.9 Å². The minimum absolute atomic E-state index is 0.0254. The summed E-state index contributed by atoms with van der Waals surface area (Å²) in [6.07, 6.45) is -3.05. The van der Waals surface area contributed by atoms with Crippen LogP contribution >= 0.6 is 0 Å². The van der Waals surface area contributed by atoms with E-state index in [2.05, 4.69) is 10.3 Å². The molecule has 0 unspecified atom stereocenters. The fourth-order valence-electron chi connectivity index (χ4n) is 1.53. The van der Waals surface area contributed by atoms with Gasteiger partial charge in [0.25, 0.3) is 11.5 Å². The van der Waals surface area contributed by atoms with E-state index < -0.39 is 23.2 Å². The molecule has 0 fully saturated rings. The first kappa shape index (κ1) is 13.9. The molecule has 2 aromatic rings. The fourth-order valence-corrected chi connectivity index (χ4v) is 1.53. The second kappa shape index (κ2) is 5.20. The molecule has 0 aliphatic rings. The van der Waals surface area contributed by atoms with Gasteiger partial charge in [-0.15, -0.1) is 0 Å². The number of H-pyrrole nitrogens is 1. The zero-order valence-electron chi connectivity index (χ0n) is 9.99. The van der Waals surface area contributed by atoms with Crippen molar-refractivity contribution in [2.75, 3.05) is 5.32 Å². The lowest BCUT2D eigenvalue weighted by Crippen LogP contribution is -2.19. The van der Waals surface area contributed by atoms with Gasteiger partial charge in [0, 0.05) is 11.8 Å². The summed E-state index contributed by atoms with van der Waals surface area (Å²) in [6.45, 7) is 0. The largest absolute Gasteiger partial charge is 0.416 e. The Labute approximate surface area is 111 Å². The number of benzene rings is 1. The summed E-state index contributed by atoms with van der Waals surface area (Å²) in [7, 11) is 0. The molecule has 4 nitrogen and oxygen atoms in total. The van der Waals surface area contributed by atoms with Crippen LogP contribution in [0.2, 0.25) is 0 Å². The maximum absolute atomic E-state index is 12.4. The molecule has 104 valence electrons.